The second-order valence-electron chi connectivity index (χ2n) is 4.01. The van der Waals surface area contributed by atoms with E-state index in [0.717, 1.165) is 10.5 Å². The van der Waals surface area contributed by atoms with Crippen LogP contribution in [0.25, 0.3) is 0 Å². The molecule has 1 N–H and O–H groups in total. The zero-order chi connectivity index (χ0) is 13.7. The lowest BCUT2D eigenvalue weighted by atomic mass is 10.1. The molecule has 0 unspecified atom stereocenters. The molecule has 2 rings (SSSR count). The largest absolute Gasteiger partial charge is 0.316 e. The molecule has 0 aliphatic heterocycles. The standard InChI is InChI=1S/C15H13FN2S/c1-18-10-11-6-7-14(12(8-11)9-17)19-15-5-3-2-4-13(15)16/h2-8,18H,10H2,1H3. The molecule has 4 heteroatoms. The molecule has 96 valence electrons. The molecule has 0 aromatic heterocycles. The summed E-state index contributed by atoms with van der Waals surface area (Å²) in [5.41, 5.74) is 1.61. The van der Waals surface area contributed by atoms with E-state index in [1.165, 1.54) is 17.8 Å². The predicted molar refractivity (Wildman–Crippen MR) is 74.4 cm³/mol. The molecule has 2 aromatic carbocycles. The van der Waals surface area contributed by atoms with Gasteiger partial charge in [0.25, 0.3) is 0 Å². The summed E-state index contributed by atoms with van der Waals surface area (Å²) in [5.74, 6) is -0.268. The van der Waals surface area contributed by atoms with Crippen molar-refractivity contribution in [2.24, 2.45) is 0 Å². The van der Waals surface area contributed by atoms with Crippen LogP contribution in [0.2, 0.25) is 0 Å². The van der Waals surface area contributed by atoms with E-state index in [-0.39, 0.29) is 5.82 Å². The molecule has 0 aliphatic carbocycles. The second kappa shape index (κ2) is 6.37. The average molecular weight is 272 g/mol. The van der Waals surface area contributed by atoms with Gasteiger partial charge in [-0.05, 0) is 36.9 Å². The first-order valence-corrected chi connectivity index (χ1v) is 6.66. The average Bonchev–Trinajstić information content (AvgIpc) is 2.43. The van der Waals surface area contributed by atoms with Crippen LogP contribution in [-0.2, 0) is 6.54 Å². The quantitative estimate of drug-likeness (QED) is 0.924. The van der Waals surface area contributed by atoms with Gasteiger partial charge in [0, 0.05) is 16.3 Å². The van der Waals surface area contributed by atoms with Gasteiger partial charge in [0.05, 0.1) is 5.56 Å². The van der Waals surface area contributed by atoms with Crippen molar-refractivity contribution in [2.75, 3.05) is 7.05 Å². The van der Waals surface area contributed by atoms with E-state index in [1.807, 2.05) is 25.2 Å². The fraction of sp³-hybridized carbons (Fsp3) is 0.133. The molecule has 0 amide bonds. The number of halogens is 1. The van der Waals surface area contributed by atoms with Gasteiger partial charge in [-0.2, -0.15) is 5.26 Å². The highest BCUT2D eigenvalue weighted by Gasteiger charge is 2.08. The van der Waals surface area contributed by atoms with Crippen molar-refractivity contribution < 1.29 is 4.39 Å². The molecule has 0 bridgehead atoms. The van der Waals surface area contributed by atoms with E-state index >= 15 is 0 Å². The normalized spacial score (nSPS) is 10.2. The van der Waals surface area contributed by atoms with E-state index in [9.17, 15) is 9.65 Å². The summed E-state index contributed by atoms with van der Waals surface area (Å²) >= 11 is 1.27. The van der Waals surface area contributed by atoms with Gasteiger partial charge in [-0.1, -0.05) is 30.0 Å². The van der Waals surface area contributed by atoms with Crippen LogP contribution in [0.15, 0.2) is 52.3 Å². The molecule has 19 heavy (non-hydrogen) atoms. The van der Waals surface area contributed by atoms with E-state index in [2.05, 4.69) is 11.4 Å². The third-order valence-corrected chi connectivity index (χ3v) is 3.73. The van der Waals surface area contributed by atoms with Gasteiger partial charge in [-0.25, -0.2) is 4.39 Å². The van der Waals surface area contributed by atoms with Gasteiger partial charge in [0.2, 0.25) is 0 Å². The van der Waals surface area contributed by atoms with E-state index < -0.39 is 0 Å². The molecular weight excluding hydrogens is 259 g/mol. The topological polar surface area (TPSA) is 35.8 Å². The van der Waals surface area contributed by atoms with Crippen molar-refractivity contribution in [1.82, 2.24) is 5.32 Å². The first-order valence-electron chi connectivity index (χ1n) is 5.84. The summed E-state index contributed by atoms with van der Waals surface area (Å²) in [6, 6.07) is 14.4. The van der Waals surface area contributed by atoms with Gasteiger partial charge < -0.3 is 5.32 Å². The van der Waals surface area contributed by atoms with Crippen molar-refractivity contribution in [1.29, 1.82) is 5.26 Å². The lowest BCUT2D eigenvalue weighted by Gasteiger charge is -2.07. The highest BCUT2D eigenvalue weighted by Crippen LogP contribution is 2.32. The van der Waals surface area contributed by atoms with Gasteiger partial charge in [0.15, 0.2) is 0 Å². The minimum absolute atomic E-state index is 0.268. The molecular formula is C15H13FN2S. The third kappa shape index (κ3) is 3.34. The van der Waals surface area contributed by atoms with Crippen LogP contribution in [-0.4, -0.2) is 7.05 Å². The zero-order valence-electron chi connectivity index (χ0n) is 10.5. The number of benzene rings is 2. The molecule has 0 spiro atoms. The number of nitrogens with zero attached hydrogens (tertiary/aromatic N) is 1. The summed E-state index contributed by atoms with van der Waals surface area (Å²) in [6.45, 7) is 0.708. The first-order chi connectivity index (χ1) is 9.24. The van der Waals surface area contributed by atoms with Crippen LogP contribution in [0.4, 0.5) is 4.39 Å². The van der Waals surface area contributed by atoms with Crippen molar-refractivity contribution in [3.8, 4) is 6.07 Å². The molecule has 0 atom stereocenters. The van der Waals surface area contributed by atoms with Gasteiger partial charge in [0.1, 0.15) is 11.9 Å². The summed E-state index contributed by atoms with van der Waals surface area (Å²) in [4.78, 5) is 1.30. The number of nitriles is 1. The Morgan fingerprint density at radius 3 is 2.68 bits per heavy atom. The lowest BCUT2D eigenvalue weighted by molar-refractivity contribution is 0.602. The van der Waals surface area contributed by atoms with Gasteiger partial charge >= 0.3 is 0 Å². The molecule has 0 saturated heterocycles. The summed E-state index contributed by atoms with van der Waals surface area (Å²) in [7, 11) is 1.86. The molecule has 0 aliphatic rings. The second-order valence-corrected chi connectivity index (χ2v) is 5.09. The Kier molecular flexibility index (Phi) is 4.56. The third-order valence-electron chi connectivity index (χ3n) is 2.60. The van der Waals surface area contributed by atoms with Crippen LogP contribution in [0.3, 0.4) is 0 Å². The highest BCUT2D eigenvalue weighted by molar-refractivity contribution is 7.99. The lowest BCUT2D eigenvalue weighted by Crippen LogP contribution is -2.05. The maximum Gasteiger partial charge on any atom is 0.137 e. The van der Waals surface area contributed by atoms with Crippen molar-refractivity contribution >= 4 is 11.8 Å². The number of hydrogen-bond donors (Lipinski definition) is 1. The Labute approximate surface area is 116 Å². The number of hydrogen-bond acceptors (Lipinski definition) is 3. The number of rotatable bonds is 4. The Bertz CT molecular complexity index is 620. The number of nitrogens with one attached hydrogen (secondary N) is 1. The Hall–Kier alpha value is -1.83. The molecule has 0 saturated carbocycles. The van der Waals surface area contributed by atoms with Crippen molar-refractivity contribution in [2.45, 2.75) is 16.3 Å². The van der Waals surface area contributed by atoms with Crippen LogP contribution < -0.4 is 5.32 Å². The molecule has 0 heterocycles. The monoisotopic (exact) mass is 272 g/mol. The molecule has 2 aromatic rings. The fourth-order valence-corrected chi connectivity index (χ4v) is 2.61. The van der Waals surface area contributed by atoms with E-state index in [4.69, 9.17) is 0 Å². The smallest absolute Gasteiger partial charge is 0.137 e. The summed E-state index contributed by atoms with van der Waals surface area (Å²) < 4.78 is 13.6. The Balaban J connectivity index is 2.31. The van der Waals surface area contributed by atoms with Gasteiger partial charge in [-0.15, -0.1) is 0 Å². The first kappa shape index (κ1) is 13.6. The predicted octanol–water partition coefficient (Wildman–Crippen LogP) is 3.57. The zero-order valence-corrected chi connectivity index (χ0v) is 11.3. The maximum absolute atomic E-state index is 13.6. The SMILES string of the molecule is CNCc1ccc(Sc2ccccc2F)c(C#N)c1. The minimum atomic E-state index is -0.268. The van der Waals surface area contributed by atoms with Crippen LogP contribution in [0.1, 0.15) is 11.1 Å². The van der Waals surface area contributed by atoms with Crippen LogP contribution >= 0.6 is 11.8 Å². The van der Waals surface area contributed by atoms with Gasteiger partial charge in [-0.3, -0.25) is 0 Å². The Morgan fingerprint density at radius 2 is 2.00 bits per heavy atom. The molecule has 0 radical (unpaired) electrons. The maximum atomic E-state index is 13.6. The molecule has 0 fully saturated rings. The highest BCUT2D eigenvalue weighted by atomic mass is 32.2. The van der Waals surface area contributed by atoms with Crippen molar-refractivity contribution in [3.05, 3.63) is 59.4 Å². The van der Waals surface area contributed by atoms with E-state index in [0.29, 0.717) is 17.0 Å². The van der Waals surface area contributed by atoms with Crippen LogP contribution in [0.5, 0.6) is 0 Å². The van der Waals surface area contributed by atoms with E-state index in [1.54, 1.807) is 18.2 Å². The molecule has 2 nitrogen and oxygen atoms in total. The summed E-state index contributed by atoms with van der Waals surface area (Å²) in [5, 5.41) is 12.2. The summed E-state index contributed by atoms with van der Waals surface area (Å²) in [6.07, 6.45) is 0. The fourth-order valence-electron chi connectivity index (χ4n) is 1.71. The Morgan fingerprint density at radius 1 is 1.21 bits per heavy atom. The minimum Gasteiger partial charge on any atom is -0.316 e. The van der Waals surface area contributed by atoms with Crippen molar-refractivity contribution in [3.63, 3.8) is 0 Å². The van der Waals surface area contributed by atoms with Crippen LogP contribution in [0, 0.1) is 17.1 Å².